The van der Waals surface area contributed by atoms with E-state index in [1.807, 2.05) is 79.4 Å². The summed E-state index contributed by atoms with van der Waals surface area (Å²) in [4.78, 5) is 27.8. The van der Waals surface area contributed by atoms with Crippen molar-refractivity contribution < 1.29 is 9.59 Å². The second-order valence-corrected chi connectivity index (χ2v) is 7.42. The number of Topliss-reactive ketones (excluding diaryl/α,β-unsaturated/α-hetero) is 1. The van der Waals surface area contributed by atoms with E-state index in [-0.39, 0.29) is 41.5 Å². The molecule has 0 saturated carbocycles. The summed E-state index contributed by atoms with van der Waals surface area (Å²) in [7, 11) is 0. The van der Waals surface area contributed by atoms with Gasteiger partial charge in [0.2, 0.25) is 5.91 Å². The predicted molar refractivity (Wildman–Crippen MR) is 104 cm³/mol. The lowest BCUT2D eigenvalue weighted by Crippen LogP contribution is -2.50. The minimum atomic E-state index is -0.297. The molecule has 1 saturated heterocycles. The highest BCUT2D eigenvalue weighted by atomic mass is 35.5. The first-order valence-corrected chi connectivity index (χ1v) is 9.57. The summed E-state index contributed by atoms with van der Waals surface area (Å²) >= 11 is 5.98. The molecule has 1 amide bonds. The van der Waals surface area contributed by atoms with Gasteiger partial charge in [0.05, 0.1) is 12.1 Å². The molecule has 2 aromatic carbocycles. The topological polar surface area (TPSA) is 37.4 Å². The Morgan fingerprint density at radius 3 is 2.08 bits per heavy atom. The Kier molecular flexibility index (Phi) is 5.77. The van der Waals surface area contributed by atoms with E-state index in [9.17, 15) is 9.59 Å². The molecule has 0 aliphatic carbocycles. The van der Waals surface area contributed by atoms with Crippen molar-refractivity contribution in [3.05, 3.63) is 71.8 Å². The van der Waals surface area contributed by atoms with E-state index in [1.54, 1.807) is 0 Å². The summed E-state index contributed by atoms with van der Waals surface area (Å²) in [5, 5.41) is 0. The minimum absolute atomic E-state index is 0.0916. The van der Waals surface area contributed by atoms with Crippen molar-refractivity contribution in [3.8, 4) is 0 Å². The number of carbonyl (C=O) groups excluding carboxylic acids is 2. The summed E-state index contributed by atoms with van der Waals surface area (Å²) in [6.07, 6.45) is 0.332. The third-order valence-electron chi connectivity index (χ3n) is 5.19. The number of carbonyl (C=O) groups is 2. The standard InChI is InChI=1S/C22H24ClNO2/c1-15(2)21-19(25)13-18(16-9-5-3-6-10-16)24(20(26)14-23)22(21)17-11-7-4-8-12-17/h3-12,15,18,21-22H,13-14H2,1-2H3/t18-,21+,22-/m0/s1. The van der Waals surface area contributed by atoms with Crippen molar-refractivity contribution in [3.63, 3.8) is 0 Å². The van der Waals surface area contributed by atoms with Crippen molar-refractivity contribution in [2.24, 2.45) is 11.8 Å². The zero-order valence-corrected chi connectivity index (χ0v) is 15.9. The van der Waals surface area contributed by atoms with E-state index in [1.165, 1.54) is 0 Å². The van der Waals surface area contributed by atoms with Crippen LogP contribution >= 0.6 is 11.6 Å². The lowest BCUT2D eigenvalue weighted by molar-refractivity contribution is -0.147. The van der Waals surface area contributed by atoms with E-state index in [4.69, 9.17) is 11.6 Å². The molecule has 1 fully saturated rings. The van der Waals surface area contributed by atoms with Crippen LogP contribution < -0.4 is 0 Å². The van der Waals surface area contributed by atoms with Gasteiger partial charge in [0.1, 0.15) is 11.7 Å². The zero-order chi connectivity index (χ0) is 18.7. The van der Waals surface area contributed by atoms with Gasteiger partial charge >= 0.3 is 0 Å². The van der Waals surface area contributed by atoms with E-state index < -0.39 is 0 Å². The molecule has 0 radical (unpaired) electrons. The van der Waals surface area contributed by atoms with Gasteiger partial charge in [-0.1, -0.05) is 74.5 Å². The third-order valence-corrected chi connectivity index (χ3v) is 5.42. The fourth-order valence-electron chi connectivity index (χ4n) is 4.07. The molecule has 1 heterocycles. The highest BCUT2D eigenvalue weighted by molar-refractivity contribution is 6.27. The van der Waals surface area contributed by atoms with Gasteiger partial charge in [0, 0.05) is 12.3 Å². The van der Waals surface area contributed by atoms with E-state index in [2.05, 4.69) is 0 Å². The van der Waals surface area contributed by atoms with Gasteiger partial charge in [0.25, 0.3) is 0 Å². The van der Waals surface area contributed by atoms with Crippen molar-refractivity contribution in [2.45, 2.75) is 32.4 Å². The zero-order valence-electron chi connectivity index (χ0n) is 15.1. The summed E-state index contributed by atoms with van der Waals surface area (Å²) < 4.78 is 0. The normalized spacial score (nSPS) is 23.3. The second kappa shape index (κ2) is 8.05. The fourth-order valence-corrected chi connectivity index (χ4v) is 4.21. The van der Waals surface area contributed by atoms with Gasteiger partial charge in [-0.05, 0) is 17.0 Å². The second-order valence-electron chi connectivity index (χ2n) is 7.16. The van der Waals surface area contributed by atoms with Crippen LogP contribution in [0.4, 0.5) is 0 Å². The lowest BCUT2D eigenvalue weighted by Gasteiger charge is -2.47. The quantitative estimate of drug-likeness (QED) is 0.727. The van der Waals surface area contributed by atoms with Gasteiger partial charge in [-0.2, -0.15) is 0 Å². The summed E-state index contributed by atoms with van der Waals surface area (Å²) in [5.41, 5.74) is 1.96. The Balaban J connectivity index is 2.14. The Labute approximate surface area is 160 Å². The number of nitrogens with zero attached hydrogens (tertiary/aromatic N) is 1. The maximum absolute atomic E-state index is 13.1. The molecular formula is C22H24ClNO2. The molecule has 0 N–H and O–H groups in total. The molecule has 1 aliphatic rings. The lowest BCUT2D eigenvalue weighted by atomic mass is 9.74. The number of hydrogen-bond donors (Lipinski definition) is 0. The number of benzene rings is 2. The van der Waals surface area contributed by atoms with Crippen LogP contribution in [0.2, 0.25) is 0 Å². The molecule has 0 aromatic heterocycles. The van der Waals surface area contributed by atoms with E-state index in [0.717, 1.165) is 11.1 Å². The van der Waals surface area contributed by atoms with Crippen molar-refractivity contribution in [2.75, 3.05) is 5.88 Å². The molecule has 4 heteroatoms. The van der Waals surface area contributed by atoms with E-state index >= 15 is 0 Å². The first-order valence-electron chi connectivity index (χ1n) is 9.04. The Morgan fingerprint density at radius 1 is 1.04 bits per heavy atom. The SMILES string of the molecule is CC(C)[C@@H]1C(=O)C[C@@H](c2ccccc2)N(C(=O)CCl)[C@H]1c1ccccc1. The summed E-state index contributed by atoms with van der Waals surface area (Å²) in [5.74, 6) is -0.112. The largest absolute Gasteiger partial charge is 0.326 e. The Bertz CT molecular complexity index is 760. The van der Waals surface area contributed by atoms with Crippen LogP contribution in [0.5, 0.6) is 0 Å². The van der Waals surface area contributed by atoms with Crippen LogP contribution in [0.15, 0.2) is 60.7 Å². The van der Waals surface area contributed by atoms with Crippen molar-refractivity contribution >= 4 is 23.3 Å². The van der Waals surface area contributed by atoms with Gasteiger partial charge in [-0.25, -0.2) is 0 Å². The molecule has 2 aromatic rings. The monoisotopic (exact) mass is 369 g/mol. The molecule has 136 valence electrons. The minimum Gasteiger partial charge on any atom is -0.326 e. The van der Waals surface area contributed by atoms with Crippen molar-refractivity contribution in [1.29, 1.82) is 0 Å². The number of amides is 1. The summed E-state index contributed by atoms with van der Waals surface area (Å²) in [6.45, 7) is 4.09. The third kappa shape index (κ3) is 3.54. The van der Waals surface area contributed by atoms with Crippen molar-refractivity contribution in [1.82, 2.24) is 4.90 Å². The average Bonchev–Trinajstić information content (AvgIpc) is 2.67. The van der Waals surface area contributed by atoms with Crippen LogP contribution in [0, 0.1) is 11.8 Å². The Hall–Kier alpha value is -2.13. The smallest absolute Gasteiger partial charge is 0.238 e. The number of likely N-dealkylation sites (tertiary alicyclic amines) is 1. The number of rotatable bonds is 4. The maximum Gasteiger partial charge on any atom is 0.238 e. The van der Waals surface area contributed by atoms with Crippen LogP contribution in [0.25, 0.3) is 0 Å². The van der Waals surface area contributed by atoms with Crippen LogP contribution in [-0.2, 0) is 9.59 Å². The molecule has 3 rings (SSSR count). The average molecular weight is 370 g/mol. The number of halogens is 1. The molecule has 1 aliphatic heterocycles. The van der Waals surface area contributed by atoms with Crippen LogP contribution in [0.3, 0.4) is 0 Å². The molecule has 26 heavy (non-hydrogen) atoms. The number of alkyl halides is 1. The number of hydrogen-bond acceptors (Lipinski definition) is 2. The summed E-state index contributed by atoms with van der Waals surface area (Å²) in [6, 6.07) is 19.0. The van der Waals surface area contributed by atoms with Gasteiger partial charge in [-0.3, -0.25) is 9.59 Å². The highest BCUT2D eigenvalue weighted by Gasteiger charge is 2.46. The molecule has 0 spiro atoms. The van der Waals surface area contributed by atoms with Crippen LogP contribution in [0.1, 0.15) is 43.5 Å². The molecule has 0 unspecified atom stereocenters. The van der Waals surface area contributed by atoms with E-state index in [0.29, 0.717) is 6.42 Å². The van der Waals surface area contributed by atoms with Gasteiger partial charge < -0.3 is 4.90 Å². The fraction of sp³-hybridized carbons (Fsp3) is 0.364. The number of ketones is 1. The predicted octanol–water partition coefficient (Wildman–Crippen LogP) is 4.78. The highest BCUT2D eigenvalue weighted by Crippen LogP contribution is 2.46. The van der Waals surface area contributed by atoms with Crippen LogP contribution in [-0.4, -0.2) is 22.5 Å². The Morgan fingerprint density at radius 2 is 1.58 bits per heavy atom. The first kappa shape index (κ1) is 18.7. The molecule has 3 nitrogen and oxygen atoms in total. The first-order chi connectivity index (χ1) is 12.5. The molecular weight excluding hydrogens is 346 g/mol. The molecule has 3 atom stereocenters. The maximum atomic E-state index is 13.1. The van der Waals surface area contributed by atoms with Gasteiger partial charge in [-0.15, -0.1) is 11.6 Å². The van der Waals surface area contributed by atoms with Gasteiger partial charge in [0.15, 0.2) is 0 Å². The number of piperidine rings is 1. The molecule has 0 bridgehead atoms.